The summed E-state index contributed by atoms with van der Waals surface area (Å²) in [7, 11) is 0. The van der Waals surface area contributed by atoms with E-state index in [1.165, 1.54) is 4.68 Å². The van der Waals surface area contributed by atoms with Crippen LogP contribution in [-0.2, 0) is 22.4 Å². The molecule has 1 aliphatic rings. The second-order valence-electron chi connectivity index (χ2n) is 6.49. The van der Waals surface area contributed by atoms with Gasteiger partial charge in [0, 0.05) is 17.7 Å². The molecular weight excluding hydrogens is 336 g/mol. The van der Waals surface area contributed by atoms with Crippen LogP contribution in [-0.4, -0.2) is 37.6 Å². The summed E-state index contributed by atoms with van der Waals surface area (Å²) in [6, 6.07) is 1.51. The smallest absolute Gasteiger partial charge is 0.314 e. The number of aromatic amines is 1. The maximum absolute atomic E-state index is 12.2. The minimum atomic E-state index is -0.796. The Balaban J connectivity index is 1.88. The van der Waals surface area contributed by atoms with Gasteiger partial charge >= 0.3 is 11.8 Å². The van der Waals surface area contributed by atoms with E-state index in [9.17, 15) is 14.4 Å². The highest BCUT2D eigenvalue weighted by molar-refractivity contribution is 6.39. The molecule has 0 saturated heterocycles. The number of nitrogens with one attached hydrogen (secondary N) is 3. The lowest BCUT2D eigenvalue weighted by molar-refractivity contribution is -0.136. The number of carbonyl (C=O) groups excluding carboxylic acids is 2. The fourth-order valence-corrected chi connectivity index (χ4v) is 2.84. The maximum Gasteiger partial charge on any atom is 0.314 e. The normalized spacial score (nSPS) is 14.0. The molecule has 3 rings (SSSR count). The second-order valence-corrected chi connectivity index (χ2v) is 6.49. The van der Waals surface area contributed by atoms with Crippen molar-refractivity contribution in [1.82, 2.24) is 25.1 Å². The zero-order valence-corrected chi connectivity index (χ0v) is 15.0. The first-order chi connectivity index (χ1) is 12.4. The van der Waals surface area contributed by atoms with Gasteiger partial charge in [-0.1, -0.05) is 6.92 Å². The molecule has 26 heavy (non-hydrogen) atoms. The van der Waals surface area contributed by atoms with Gasteiger partial charge in [0.15, 0.2) is 0 Å². The number of nitrogens with zero attached hydrogens (tertiary/aromatic N) is 3. The quantitative estimate of drug-likeness (QED) is 0.691. The largest absolute Gasteiger partial charge is 0.345 e. The second kappa shape index (κ2) is 7.11. The molecule has 2 aromatic rings. The maximum atomic E-state index is 12.2. The number of hydrogen-bond acceptors (Lipinski definition) is 5. The molecular formula is C17H22N6O3. The van der Waals surface area contributed by atoms with Crippen LogP contribution in [0.25, 0.3) is 5.95 Å². The average Bonchev–Trinajstić information content (AvgIpc) is 3.21. The summed E-state index contributed by atoms with van der Waals surface area (Å²) in [5.74, 6) is -1.02. The van der Waals surface area contributed by atoms with Gasteiger partial charge in [-0.25, -0.2) is 4.98 Å². The van der Waals surface area contributed by atoms with Crippen molar-refractivity contribution in [1.29, 1.82) is 0 Å². The van der Waals surface area contributed by atoms with Crippen molar-refractivity contribution in [2.45, 2.75) is 52.5 Å². The first-order valence-corrected chi connectivity index (χ1v) is 8.70. The van der Waals surface area contributed by atoms with E-state index in [2.05, 4.69) is 25.7 Å². The van der Waals surface area contributed by atoms with Gasteiger partial charge in [0.2, 0.25) is 5.95 Å². The highest BCUT2D eigenvalue weighted by Crippen LogP contribution is 2.19. The molecule has 0 bridgehead atoms. The molecule has 9 heteroatoms. The van der Waals surface area contributed by atoms with E-state index in [0.717, 1.165) is 31.4 Å². The first kappa shape index (κ1) is 17.8. The van der Waals surface area contributed by atoms with Gasteiger partial charge in [0.1, 0.15) is 5.82 Å². The van der Waals surface area contributed by atoms with Crippen molar-refractivity contribution in [2.24, 2.45) is 0 Å². The number of hydrogen-bond donors (Lipinski definition) is 3. The van der Waals surface area contributed by atoms with Crippen LogP contribution in [0.3, 0.4) is 0 Å². The number of anilines is 1. The number of aryl methyl sites for hydroxylation is 2. The lowest BCUT2D eigenvalue weighted by Gasteiger charge is -2.12. The predicted molar refractivity (Wildman–Crippen MR) is 95.3 cm³/mol. The Morgan fingerprint density at radius 1 is 1.35 bits per heavy atom. The van der Waals surface area contributed by atoms with E-state index >= 15 is 0 Å². The molecule has 0 spiro atoms. The Hall–Kier alpha value is -2.97. The minimum Gasteiger partial charge on any atom is -0.345 e. The van der Waals surface area contributed by atoms with Crippen molar-refractivity contribution in [3.63, 3.8) is 0 Å². The van der Waals surface area contributed by atoms with Gasteiger partial charge < -0.3 is 10.6 Å². The number of amides is 2. The molecule has 0 radical (unpaired) electrons. The zero-order chi connectivity index (χ0) is 18.8. The Morgan fingerprint density at radius 2 is 2.12 bits per heavy atom. The average molecular weight is 358 g/mol. The van der Waals surface area contributed by atoms with Crippen LogP contribution in [0, 0.1) is 6.92 Å². The highest BCUT2D eigenvalue weighted by Gasteiger charge is 2.22. The third-order valence-electron chi connectivity index (χ3n) is 4.40. The molecule has 0 unspecified atom stereocenters. The van der Waals surface area contributed by atoms with E-state index in [4.69, 9.17) is 0 Å². The van der Waals surface area contributed by atoms with Crippen LogP contribution >= 0.6 is 0 Å². The van der Waals surface area contributed by atoms with Crippen LogP contribution in [0.1, 0.15) is 43.6 Å². The van der Waals surface area contributed by atoms with Gasteiger partial charge in [-0.2, -0.15) is 9.78 Å². The number of rotatable bonds is 4. The lowest BCUT2D eigenvalue weighted by atomic mass is 10.2. The molecule has 2 amide bonds. The molecule has 0 fully saturated rings. The van der Waals surface area contributed by atoms with E-state index in [0.29, 0.717) is 11.3 Å². The molecule has 138 valence electrons. The summed E-state index contributed by atoms with van der Waals surface area (Å²) in [6.07, 6.45) is 3.07. The van der Waals surface area contributed by atoms with Crippen LogP contribution in [0.2, 0.25) is 0 Å². The van der Waals surface area contributed by atoms with E-state index in [1.54, 1.807) is 13.0 Å². The van der Waals surface area contributed by atoms with Crippen molar-refractivity contribution >= 4 is 17.6 Å². The molecule has 3 N–H and O–H groups in total. The van der Waals surface area contributed by atoms with Crippen molar-refractivity contribution < 1.29 is 9.59 Å². The van der Waals surface area contributed by atoms with Crippen LogP contribution in [0.5, 0.6) is 0 Å². The minimum absolute atomic E-state index is 0.102. The number of carbonyl (C=O) groups is 2. The molecule has 0 aromatic carbocycles. The summed E-state index contributed by atoms with van der Waals surface area (Å²) in [4.78, 5) is 43.5. The summed E-state index contributed by atoms with van der Waals surface area (Å²) >= 11 is 0. The molecule has 0 aliphatic heterocycles. The fourth-order valence-electron chi connectivity index (χ4n) is 2.84. The van der Waals surface area contributed by atoms with E-state index in [-0.39, 0.29) is 23.4 Å². The molecule has 0 saturated carbocycles. The van der Waals surface area contributed by atoms with E-state index < -0.39 is 11.8 Å². The summed E-state index contributed by atoms with van der Waals surface area (Å²) in [6.45, 7) is 5.48. The van der Waals surface area contributed by atoms with Crippen molar-refractivity contribution in [3.8, 4) is 5.95 Å². The van der Waals surface area contributed by atoms with Crippen LogP contribution < -0.4 is 16.2 Å². The Morgan fingerprint density at radius 3 is 2.85 bits per heavy atom. The Labute approximate surface area is 150 Å². The summed E-state index contributed by atoms with van der Waals surface area (Å²) in [5.41, 5.74) is 1.88. The number of aromatic nitrogens is 4. The third kappa shape index (κ3) is 3.51. The molecule has 1 aliphatic carbocycles. The van der Waals surface area contributed by atoms with Gasteiger partial charge in [-0.3, -0.25) is 19.4 Å². The predicted octanol–water partition coefficient (Wildman–Crippen LogP) is 0.606. The topological polar surface area (TPSA) is 122 Å². The zero-order valence-electron chi connectivity index (χ0n) is 15.0. The number of H-pyrrole nitrogens is 1. The summed E-state index contributed by atoms with van der Waals surface area (Å²) in [5, 5.41) is 9.41. The van der Waals surface area contributed by atoms with E-state index in [1.807, 2.05) is 13.8 Å². The van der Waals surface area contributed by atoms with Crippen molar-refractivity contribution in [3.05, 3.63) is 33.4 Å². The highest BCUT2D eigenvalue weighted by atomic mass is 16.2. The van der Waals surface area contributed by atoms with Crippen LogP contribution in [0.4, 0.5) is 5.82 Å². The molecule has 9 nitrogen and oxygen atoms in total. The lowest BCUT2D eigenvalue weighted by Crippen LogP contribution is -2.40. The van der Waals surface area contributed by atoms with Crippen molar-refractivity contribution in [2.75, 3.05) is 5.32 Å². The molecule has 1 atom stereocenters. The van der Waals surface area contributed by atoms with Gasteiger partial charge in [-0.15, -0.1) is 0 Å². The standard InChI is InChI=1S/C17H22N6O3/c1-4-9(2)18-15(25)16(26)20-13-8-10(3)22-23(13)17-19-12-7-5-6-11(12)14(24)21-17/h8-9H,4-7H2,1-3H3,(H,18,25)(H,20,26)(H,19,21,24)/t9-/m0/s1. The SMILES string of the molecule is CC[C@H](C)NC(=O)C(=O)Nc1cc(C)nn1-c1nc2c(c(=O)[nH]1)CCC2. The van der Waals surface area contributed by atoms with Gasteiger partial charge in [0.25, 0.3) is 5.56 Å². The summed E-state index contributed by atoms with van der Waals surface area (Å²) < 4.78 is 1.34. The monoisotopic (exact) mass is 358 g/mol. The Bertz CT molecular complexity index is 914. The van der Waals surface area contributed by atoms with Crippen LogP contribution in [0.15, 0.2) is 10.9 Å². The first-order valence-electron chi connectivity index (χ1n) is 8.70. The van der Waals surface area contributed by atoms with Gasteiger partial charge in [0.05, 0.1) is 11.4 Å². The fraction of sp³-hybridized carbons (Fsp3) is 0.471. The Kier molecular flexibility index (Phi) is 4.88. The molecule has 2 aromatic heterocycles. The molecule has 2 heterocycles. The van der Waals surface area contributed by atoms with Gasteiger partial charge in [-0.05, 0) is 39.5 Å². The third-order valence-corrected chi connectivity index (χ3v) is 4.40. The number of fused-ring (bicyclic) bond motifs is 1.